The third-order valence-electron chi connectivity index (χ3n) is 4.64. The molecule has 3 heterocycles. The van der Waals surface area contributed by atoms with Crippen LogP contribution in [0.3, 0.4) is 0 Å². The van der Waals surface area contributed by atoms with Gasteiger partial charge in [-0.3, -0.25) is 0 Å². The molecule has 132 valence electrons. The summed E-state index contributed by atoms with van der Waals surface area (Å²) < 4.78 is 1.81. The summed E-state index contributed by atoms with van der Waals surface area (Å²) in [5.41, 5.74) is 5.88. The summed E-state index contributed by atoms with van der Waals surface area (Å²) >= 11 is 1.62. The molecule has 0 unspecified atom stereocenters. The lowest BCUT2D eigenvalue weighted by atomic mass is 10.1. The van der Waals surface area contributed by atoms with E-state index in [4.69, 9.17) is 5.10 Å². The zero-order valence-electron chi connectivity index (χ0n) is 14.9. The van der Waals surface area contributed by atoms with Gasteiger partial charge in [0.2, 0.25) is 5.16 Å². The van der Waals surface area contributed by atoms with Crippen molar-refractivity contribution < 1.29 is 0 Å². The number of hydrogen-bond acceptors (Lipinski definition) is 6. The molecule has 6 nitrogen and oxygen atoms in total. The van der Waals surface area contributed by atoms with E-state index >= 15 is 0 Å². The normalized spacial score (nSPS) is 13.5. The summed E-state index contributed by atoms with van der Waals surface area (Å²) in [6, 6.07) is 16.2. The first-order valence-corrected chi connectivity index (χ1v) is 9.65. The molecule has 0 amide bonds. The molecule has 0 aliphatic carbocycles. The summed E-state index contributed by atoms with van der Waals surface area (Å²) in [6.07, 6.45) is 0. The maximum atomic E-state index is 4.83. The van der Waals surface area contributed by atoms with Gasteiger partial charge in [0.05, 0.1) is 11.2 Å². The molecule has 0 spiro atoms. The predicted octanol–water partition coefficient (Wildman–Crippen LogP) is 3.86. The van der Waals surface area contributed by atoms with Gasteiger partial charge in [-0.25, -0.2) is 0 Å². The highest BCUT2D eigenvalue weighted by Crippen LogP contribution is 2.29. The topological polar surface area (TPSA) is 68.8 Å². The zero-order valence-corrected chi connectivity index (χ0v) is 15.7. The van der Waals surface area contributed by atoms with Crippen LogP contribution in [-0.4, -0.2) is 36.5 Å². The second-order valence-electron chi connectivity index (χ2n) is 6.51. The van der Waals surface area contributed by atoms with Gasteiger partial charge in [0.25, 0.3) is 0 Å². The highest BCUT2D eigenvalue weighted by atomic mass is 32.2. The van der Waals surface area contributed by atoms with Crippen molar-refractivity contribution in [3.8, 4) is 11.4 Å². The van der Waals surface area contributed by atoms with Crippen LogP contribution in [0.2, 0.25) is 0 Å². The van der Waals surface area contributed by atoms with E-state index in [9.17, 15) is 0 Å². The van der Waals surface area contributed by atoms with Crippen molar-refractivity contribution >= 4 is 28.4 Å². The number of aromatic nitrogens is 5. The van der Waals surface area contributed by atoms with E-state index in [1.807, 2.05) is 35.0 Å². The molecule has 27 heavy (non-hydrogen) atoms. The van der Waals surface area contributed by atoms with Crippen LogP contribution >= 0.6 is 11.8 Å². The molecule has 0 bridgehead atoms. The van der Waals surface area contributed by atoms with E-state index in [0.717, 1.165) is 44.4 Å². The summed E-state index contributed by atoms with van der Waals surface area (Å²) in [5, 5.41) is 24.2. The average molecular weight is 372 g/mol. The van der Waals surface area contributed by atoms with Gasteiger partial charge < -0.3 is 0 Å². The Hall–Kier alpha value is -3.06. The van der Waals surface area contributed by atoms with Crippen LogP contribution in [0.4, 0.5) is 0 Å². The second kappa shape index (κ2) is 6.28. The molecule has 0 saturated carbocycles. The van der Waals surface area contributed by atoms with Crippen molar-refractivity contribution in [2.75, 3.05) is 5.75 Å². The van der Waals surface area contributed by atoms with Crippen LogP contribution in [0.5, 0.6) is 0 Å². The second-order valence-corrected chi connectivity index (χ2v) is 7.46. The van der Waals surface area contributed by atoms with E-state index in [1.54, 1.807) is 11.8 Å². The summed E-state index contributed by atoms with van der Waals surface area (Å²) in [4.78, 5) is 0. The lowest BCUT2D eigenvalue weighted by molar-refractivity contribution is 0.760. The highest BCUT2D eigenvalue weighted by molar-refractivity contribution is 7.99. The minimum atomic E-state index is 0.694. The molecule has 0 N–H and O–H groups in total. The Labute approximate surface area is 160 Å². The maximum Gasteiger partial charge on any atom is 0.212 e. The fourth-order valence-electron chi connectivity index (χ4n) is 3.27. The molecule has 2 aromatic heterocycles. The summed E-state index contributed by atoms with van der Waals surface area (Å²) in [7, 11) is 0. The van der Waals surface area contributed by atoms with Crippen LogP contribution in [-0.2, 0) is 0 Å². The van der Waals surface area contributed by atoms with E-state index in [2.05, 4.69) is 52.4 Å². The average Bonchev–Trinajstić information content (AvgIpc) is 3.12. The maximum absolute atomic E-state index is 4.83. The molecule has 0 radical (unpaired) electrons. The predicted molar refractivity (Wildman–Crippen MR) is 107 cm³/mol. The third-order valence-corrected chi connectivity index (χ3v) is 5.57. The first-order chi connectivity index (χ1) is 13.2. The molecular formula is C20H16N6S. The SMILES string of the molecule is Cc1cccc(-c2nnc3n2N=C(c2nnc4ccccc4c2C)CS3)c1. The Balaban J connectivity index is 1.65. The number of hydrogen-bond donors (Lipinski definition) is 0. The van der Waals surface area contributed by atoms with Crippen molar-refractivity contribution in [2.45, 2.75) is 19.0 Å². The molecule has 1 aliphatic rings. The minimum Gasteiger partial charge on any atom is -0.186 e. The lowest BCUT2D eigenvalue weighted by Crippen LogP contribution is -2.17. The van der Waals surface area contributed by atoms with Gasteiger partial charge in [-0.1, -0.05) is 53.7 Å². The molecule has 2 aromatic carbocycles. The lowest BCUT2D eigenvalue weighted by Gasteiger charge is -2.15. The number of aryl methyl sites for hydroxylation is 2. The molecule has 4 aromatic rings. The van der Waals surface area contributed by atoms with Crippen molar-refractivity contribution in [3.05, 3.63) is 65.4 Å². The molecule has 5 rings (SSSR count). The van der Waals surface area contributed by atoms with Gasteiger partial charge in [0, 0.05) is 16.7 Å². The minimum absolute atomic E-state index is 0.694. The molecule has 0 atom stereocenters. The monoisotopic (exact) mass is 372 g/mol. The Morgan fingerprint density at radius 1 is 0.926 bits per heavy atom. The van der Waals surface area contributed by atoms with Crippen LogP contribution in [0.15, 0.2) is 58.8 Å². The van der Waals surface area contributed by atoms with Crippen LogP contribution in [0.25, 0.3) is 22.3 Å². The summed E-state index contributed by atoms with van der Waals surface area (Å²) in [5.74, 6) is 1.43. The van der Waals surface area contributed by atoms with Crippen LogP contribution < -0.4 is 0 Å². The molecule has 0 saturated heterocycles. The van der Waals surface area contributed by atoms with Crippen molar-refractivity contribution in [1.82, 2.24) is 25.1 Å². The van der Waals surface area contributed by atoms with Crippen molar-refractivity contribution in [3.63, 3.8) is 0 Å². The Morgan fingerprint density at radius 3 is 2.70 bits per heavy atom. The van der Waals surface area contributed by atoms with E-state index in [0.29, 0.717) is 5.75 Å². The number of benzene rings is 2. The highest BCUT2D eigenvalue weighted by Gasteiger charge is 2.23. The van der Waals surface area contributed by atoms with Gasteiger partial charge in [0.1, 0.15) is 5.69 Å². The largest absolute Gasteiger partial charge is 0.212 e. The fraction of sp³-hybridized carbons (Fsp3) is 0.150. The first-order valence-electron chi connectivity index (χ1n) is 8.66. The molecule has 7 heteroatoms. The number of fused-ring (bicyclic) bond motifs is 2. The van der Waals surface area contributed by atoms with Crippen LogP contribution in [0, 0.1) is 13.8 Å². The zero-order chi connectivity index (χ0) is 18.4. The van der Waals surface area contributed by atoms with E-state index < -0.39 is 0 Å². The van der Waals surface area contributed by atoms with Gasteiger partial charge >= 0.3 is 0 Å². The third kappa shape index (κ3) is 2.71. The molecular weight excluding hydrogens is 356 g/mol. The van der Waals surface area contributed by atoms with Crippen molar-refractivity contribution in [1.29, 1.82) is 0 Å². The standard InChI is InChI=1S/C20H16N6S/c1-12-6-5-7-14(10-12)19-23-24-20-26(19)25-17(11-27-20)18-13(2)15-8-3-4-9-16(15)21-22-18/h3-10H,11H2,1-2H3. The smallest absolute Gasteiger partial charge is 0.186 e. The number of thioether (sulfide) groups is 1. The quantitative estimate of drug-likeness (QED) is 0.534. The molecule has 0 fully saturated rings. The number of nitrogens with zero attached hydrogens (tertiary/aromatic N) is 6. The first kappa shape index (κ1) is 16.1. The van der Waals surface area contributed by atoms with E-state index in [-0.39, 0.29) is 0 Å². The van der Waals surface area contributed by atoms with Crippen molar-refractivity contribution in [2.24, 2.45) is 5.10 Å². The molecule has 1 aliphatic heterocycles. The Morgan fingerprint density at radius 2 is 1.81 bits per heavy atom. The summed E-state index contributed by atoms with van der Waals surface area (Å²) in [6.45, 7) is 4.14. The van der Waals surface area contributed by atoms with Crippen LogP contribution in [0.1, 0.15) is 16.8 Å². The number of rotatable bonds is 2. The van der Waals surface area contributed by atoms with Gasteiger partial charge in [0.15, 0.2) is 5.82 Å². The van der Waals surface area contributed by atoms with Gasteiger partial charge in [-0.15, -0.1) is 20.4 Å². The fourth-order valence-corrected chi connectivity index (χ4v) is 4.07. The van der Waals surface area contributed by atoms with E-state index in [1.165, 1.54) is 5.56 Å². The Kier molecular flexibility index (Phi) is 3.75. The van der Waals surface area contributed by atoms with Gasteiger partial charge in [-0.05, 0) is 31.5 Å². The Bertz CT molecular complexity index is 1210. The van der Waals surface area contributed by atoms with Gasteiger partial charge in [-0.2, -0.15) is 9.78 Å².